The molecule has 1 aromatic rings. The molecule has 0 spiro atoms. The highest BCUT2D eigenvalue weighted by atomic mass is 127. The average molecular weight is 508 g/mol. The molecular formula is C15H24F3IN4O2S. The van der Waals surface area contributed by atoms with E-state index >= 15 is 0 Å². The smallest absolute Gasteiger partial charge is 0.383 e. The van der Waals surface area contributed by atoms with Crippen LogP contribution in [0.3, 0.4) is 0 Å². The molecule has 1 unspecified atom stereocenters. The van der Waals surface area contributed by atoms with E-state index in [1.54, 1.807) is 13.0 Å². The third-order valence-electron chi connectivity index (χ3n) is 3.21. The predicted octanol–water partition coefficient (Wildman–Crippen LogP) is 2.15. The Morgan fingerprint density at radius 3 is 2.54 bits per heavy atom. The van der Waals surface area contributed by atoms with Gasteiger partial charge >= 0.3 is 6.18 Å². The van der Waals surface area contributed by atoms with Gasteiger partial charge in [0.05, 0.1) is 6.54 Å². The minimum Gasteiger partial charge on any atom is -0.383 e. The fourth-order valence-corrected chi connectivity index (χ4v) is 2.68. The zero-order chi connectivity index (χ0) is 19.1. The third-order valence-corrected chi connectivity index (χ3v) is 4.33. The highest BCUT2D eigenvalue weighted by molar-refractivity contribution is 14.0. The van der Waals surface area contributed by atoms with Crippen LogP contribution in [0.15, 0.2) is 22.5 Å². The largest absolute Gasteiger partial charge is 0.406 e. The molecule has 0 saturated carbocycles. The number of carbonyl (C=O) groups is 1. The van der Waals surface area contributed by atoms with E-state index in [9.17, 15) is 23.1 Å². The van der Waals surface area contributed by atoms with Gasteiger partial charge in [-0.2, -0.15) is 13.2 Å². The summed E-state index contributed by atoms with van der Waals surface area (Å²) in [6.07, 6.45) is -4.45. The summed E-state index contributed by atoms with van der Waals surface area (Å²) in [4.78, 5) is 17.0. The first-order valence-electron chi connectivity index (χ1n) is 7.64. The van der Waals surface area contributed by atoms with E-state index in [4.69, 9.17) is 0 Å². The first-order valence-corrected chi connectivity index (χ1v) is 8.52. The Kier molecular flexibility index (Phi) is 10.5. The minimum atomic E-state index is -4.45. The molecule has 0 aliphatic heterocycles. The van der Waals surface area contributed by atoms with Crippen molar-refractivity contribution >= 4 is 47.2 Å². The van der Waals surface area contributed by atoms with Gasteiger partial charge in [-0.3, -0.25) is 4.79 Å². The van der Waals surface area contributed by atoms with Gasteiger partial charge in [-0.05, 0) is 25.3 Å². The number of rotatable bonds is 7. The number of hydrogen-bond donors (Lipinski definition) is 3. The average Bonchev–Trinajstić information content (AvgIpc) is 3.03. The number of amides is 1. The molecule has 0 saturated heterocycles. The molecule has 0 aromatic carbocycles. The van der Waals surface area contributed by atoms with Crippen molar-refractivity contribution < 1.29 is 23.1 Å². The maximum atomic E-state index is 12.3. The maximum Gasteiger partial charge on any atom is 0.406 e. The van der Waals surface area contributed by atoms with Crippen molar-refractivity contribution in [3.8, 4) is 0 Å². The van der Waals surface area contributed by atoms with E-state index in [0.29, 0.717) is 11.4 Å². The summed E-state index contributed by atoms with van der Waals surface area (Å²) >= 11 is 1.40. The molecule has 1 rings (SSSR count). The first kappa shape index (κ1) is 24.9. The summed E-state index contributed by atoms with van der Waals surface area (Å²) in [6, 6.07) is 3.62. The Hall–Kier alpha value is -1.08. The summed E-state index contributed by atoms with van der Waals surface area (Å²) in [7, 11) is 1.08. The van der Waals surface area contributed by atoms with E-state index in [0.717, 1.165) is 11.9 Å². The van der Waals surface area contributed by atoms with Gasteiger partial charge in [-0.15, -0.1) is 35.3 Å². The first-order chi connectivity index (χ1) is 11.5. The fourth-order valence-electron chi connectivity index (χ4n) is 1.89. The standard InChI is InChI=1S/C15H23F3N4O2S.HI/c1-4-19-13(20-8-12(23)22(3)10-15(16,17)18)21-9-14(2,24)11-6-5-7-25-11;/h5-7,24H,4,8-10H2,1-3H3,(H2,19,20,21);1H. The summed E-state index contributed by atoms with van der Waals surface area (Å²) in [6.45, 7) is 2.33. The molecular weight excluding hydrogens is 484 g/mol. The molecule has 0 fully saturated rings. The van der Waals surface area contributed by atoms with E-state index in [1.165, 1.54) is 11.3 Å². The number of aliphatic imine (C=N–C) groups is 1. The van der Waals surface area contributed by atoms with Crippen LogP contribution in [0.4, 0.5) is 13.2 Å². The second kappa shape index (κ2) is 10.9. The molecule has 0 bridgehead atoms. The Balaban J connectivity index is 0.00000625. The lowest BCUT2D eigenvalue weighted by molar-refractivity contribution is -0.157. The summed E-state index contributed by atoms with van der Waals surface area (Å²) < 4.78 is 36.9. The second-order valence-corrected chi connectivity index (χ2v) is 6.61. The molecule has 1 amide bonds. The number of halogens is 4. The number of thiophene rings is 1. The number of alkyl halides is 3. The van der Waals surface area contributed by atoms with Crippen LogP contribution in [-0.4, -0.2) is 61.3 Å². The highest BCUT2D eigenvalue weighted by Gasteiger charge is 2.31. The molecule has 1 aromatic heterocycles. The number of likely N-dealkylation sites (N-methyl/N-ethyl adjacent to an activating group) is 1. The Labute approximate surface area is 171 Å². The summed E-state index contributed by atoms with van der Waals surface area (Å²) in [5.74, 6) is -0.507. The maximum absolute atomic E-state index is 12.3. The summed E-state index contributed by atoms with van der Waals surface area (Å²) in [5.41, 5.74) is -1.14. The van der Waals surface area contributed by atoms with Crippen molar-refractivity contribution in [2.75, 3.05) is 33.2 Å². The topological polar surface area (TPSA) is 77.0 Å². The fraction of sp³-hybridized carbons (Fsp3) is 0.600. The Morgan fingerprint density at radius 2 is 2.04 bits per heavy atom. The van der Waals surface area contributed by atoms with Crippen LogP contribution in [0.5, 0.6) is 0 Å². The Bertz CT molecular complexity index is 580. The van der Waals surface area contributed by atoms with Crippen molar-refractivity contribution in [1.29, 1.82) is 0 Å². The lowest BCUT2D eigenvalue weighted by atomic mass is 10.1. The summed E-state index contributed by atoms with van der Waals surface area (Å²) in [5, 5.41) is 18.1. The van der Waals surface area contributed by atoms with E-state index in [-0.39, 0.29) is 36.5 Å². The zero-order valence-corrected chi connectivity index (χ0v) is 17.9. The van der Waals surface area contributed by atoms with Gasteiger partial charge in [0.25, 0.3) is 0 Å². The van der Waals surface area contributed by atoms with Crippen molar-refractivity contribution in [3.05, 3.63) is 22.4 Å². The number of carbonyl (C=O) groups excluding carboxylic acids is 1. The molecule has 1 heterocycles. The van der Waals surface area contributed by atoms with Crippen molar-refractivity contribution in [3.63, 3.8) is 0 Å². The molecule has 3 N–H and O–H groups in total. The van der Waals surface area contributed by atoms with E-state index < -0.39 is 30.8 Å². The zero-order valence-electron chi connectivity index (χ0n) is 14.8. The molecule has 11 heteroatoms. The number of nitrogens with one attached hydrogen (secondary N) is 2. The highest BCUT2D eigenvalue weighted by Crippen LogP contribution is 2.24. The second-order valence-electron chi connectivity index (χ2n) is 5.66. The van der Waals surface area contributed by atoms with Crippen LogP contribution in [0.25, 0.3) is 0 Å². The minimum absolute atomic E-state index is 0. The molecule has 0 radical (unpaired) electrons. The predicted molar refractivity (Wildman–Crippen MR) is 107 cm³/mol. The Morgan fingerprint density at radius 1 is 1.38 bits per heavy atom. The van der Waals surface area contributed by atoms with Crippen LogP contribution in [-0.2, 0) is 10.4 Å². The molecule has 0 aliphatic rings. The van der Waals surface area contributed by atoms with Crippen LogP contribution in [0, 0.1) is 0 Å². The quantitative estimate of drug-likeness (QED) is 0.300. The number of nitrogens with zero attached hydrogens (tertiary/aromatic N) is 2. The lowest BCUT2D eigenvalue weighted by Crippen LogP contribution is -2.45. The molecule has 26 heavy (non-hydrogen) atoms. The van der Waals surface area contributed by atoms with Crippen LogP contribution in [0.1, 0.15) is 18.7 Å². The van der Waals surface area contributed by atoms with Crippen molar-refractivity contribution in [2.45, 2.75) is 25.6 Å². The van der Waals surface area contributed by atoms with Crippen LogP contribution < -0.4 is 10.6 Å². The number of guanidine groups is 1. The van der Waals surface area contributed by atoms with E-state index in [1.807, 2.05) is 18.4 Å². The van der Waals surface area contributed by atoms with Crippen LogP contribution in [0.2, 0.25) is 0 Å². The van der Waals surface area contributed by atoms with Gasteiger partial charge in [-0.1, -0.05) is 6.07 Å². The van der Waals surface area contributed by atoms with Gasteiger partial charge in [0.1, 0.15) is 18.7 Å². The van der Waals surface area contributed by atoms with Gasteiger partial charge in [0.15, 0.2) is 5.96 Å². The molecule has 6 nitrogen and oxygen atoms in total. The van der Waals surface area contributed by atoms with Gasteiger partial charge < -0.3 is 20.6 Å². The SMILES string of the molecule is CCNC(=NCC(=O)N(C)CC(F)(F)F)NCC(C)(O)c1cccs1.I. The molecule has 150 valence electrons. The lowest BCUT2D eigenvalue weighted by Gasteiger charge is -2.24. The number of aliphatic hydroxyl groups is 1. The van der Waals surface area contributed by atoms with Gasteiger partial charge in [0, 0.05) is 18.5 Å². The van der Waals surface area contributed by atoms with Crippen LogP contribution >= 0.6 is 35.3 Å². The van der Waals surface area contributed by atoms with E-state index in [2.05, 4.69) is 15.6 Å². The normalized spacial score (nSPS) is 14.2. The van der Waals surface area contributed by atoms with Gasteiger partial charge in [-0.25, -0.2) is 4.99 Å². The third kappa shape index (κ3) is 9.03. The molecule has 0 aliphatic carbocycles. The number of hydrogen-bond acceptors (Lipinski definition) is 4. The molecule has 1 atom stereocenters. The monoisotopic (exact) mass is 508 g/mol. The van der Waals surface area contributed by atoms with Gasteiger partial charge in [0.2, 0.25) is 5.91 Å². The van der Waals surface area contributed by atoms with Crippen molar-refractivity contribution in [2.24, 2.45) is 4.99 Å². The van der Waals surface area contributed by atoms with Crippen molar-refractivity contribution in [1.82, 2.24) is 15.5 Å².